The summed E-state index contributed by atoms with van der Waals surface area (Å²) in [5.41, 5.74) is 3.92. The second-order valence-electron chi connectivity index (χ2n) is 8.50. The first kappa shape index (κ1) is 26.3. The Hall–Kier alpha value is -1.34. The summed E-state index contributed by atoms with van der Waals surface area (Å²) in [6, 6.07) is 29.2. The van der Waals surface area contributed by atoms with Gasteiger partial charge < -0.3 is 8.39 Å². The van der Waals surface area contributed by atoms with Gasteiger partial charge in [-0.1, -0.05) is 92.5 Å². The van der Waals surface area contributed by atoms with Crippen molar-refractivity contribution in [3.8, 4) is 0 Å². The van der Waals surface area contributed by atoms with Gasteiger partial charge in [0.15, 0.2) is 11.2 Å². The van der Waals surface area contributed by atoms with Crippen LogP contribution in [-0.2, 0) is 0 Å². The highest BCUT2D eigenvalue weighted by Crippen LogP contribution is 2.48. The summed E-state index contributed by atoms with van der Waals surface area (Å²) in [5.74, 6) is 0. The Bertz CT molecular complexity index is 1460. The molecular weight excluding hydrogens is 733 g/mol. The van der Waals surface area contributed by atoms with E-state index in [1.54, 1.807) is 0 Å². The van der Waals surface area contributed by atoms with Crippen molar-refractivity contribution in [2.45, 2.75) is 25.9 Å². The molecule has 1 heterocycles. The highest BCUT2D eigenvalue weighted by Gasteiger charge is 2.29. The molecule has 0 N–H and O–H groups in total. The molecule has 2 atom stereocenters. The maximum absolute atomic E-state index is 6.83. The molecule has 36 heavy (non-hydrogen) atoms. The maximum atomic E-state index is 6.83. The van der Waals surface area contributed by atoms with E-state index in [2.05, 4.69) is 143 Å². The summed E-state index contributed by atoms with van der Waals surface area (Å²) in [5, 5.41) is 1.91. The Morgan fingerprint density at radius 2 is 1.00 bits per heavy atom. The summed E-state index contributed by atoms with van der Waals surface area (Å²) in [7, 11) is -1.57. The summed E-state index contributed by atoms with van der Waals surface area (Å²) < 4.78 is 19.7. The van der Waals surface area contributed by atoms with Crippen molar-refractivity contribution in [2.24, 2.45) is 0 Å². The van der Waals surface area contributed by atoms with Gasteiger partial charge >= 0.3 is 8.16 Å². The van der Waals surface area contributed by atoms with E-state index in [4.69, 9.17) is 8.39 Å². The quantitative estimate of drug-likeness (QED) is 0.179. The number of benzene rings is 4. The topological polar surface area (TPSA) is 29.5 Å². The normalized spacial score (nSPS) is 13.3. The second kappa shape index (κ2) is 11.2. The van der Waals surface area contributed by atoms with Crippen LogP contribution in [0.3, 0.4) is 0 Å². The van der Waals surface area contributed by atoms with E-state index in [1.807, 2.05) is 24.3 Å². The van der Waals surface area contributed by atoms with Gasteiger partial charge in [-0.25, -0.2) is 0 Å². The van der Waals surface area contributed by atoms with E-state index in [0.29, 0.717) is 0 Å². The zero-order valence-electron chi connectivity index (χ0n) is 19.5. The molecule has 1 aromatic heterocycles. The summed E-state index contributed by atoms with van der Waals surface area (Å²) >= 11 is 14.8. The standard InChI is InChI=1S/C28H22Br4NO2P/c1-17(19-9-5-3-6-10-19)33(18(2)20-11-7-4-8-12-20)36-34-27-23(13-21(29)15-25(27)31)24-14-22(30)16-26(32)28(24)35-36/h3-18H,1-2H3/t17-,18-/m0/s1. The van der Waals surface area contributed by atoms with Crippen molar-refractivity contribution in [3.63, 3.8) is 0 Å². The van der Waals surface area contributed by atoms with Crippen molar-refractivity contribution >= 4 is 93.8 Å². The molecule has 0 aliphatic carbocycles. The lowest BCUT2D eigenvalue weighted by atomic mass is 10.0. The van der Waals surface area contributed by atoms with E-state index in [0.717, 1.165) is 39.8 Å². The van der Waals surface area contributed by atoms with E-state index in [9.17, 15) is 0 Å². The van der Waals surface area contributed by atoms with Crippen LogP contribution in [0.1, 0.15) is 37.1 Å². The van der Waals surface area contributed by atoms with Gasteiger partial charge in [-0.3, -0.25) is 0 Å². The summed E-state index contributed by atoms with van der Waals surface area (Å²) in [4.78, 5) is 0. The average Bonchev–Trinajstić information content (AvgIpc) is 3.03. The van der Waals surface area contributed by atoms with Crippen LogP contribution in [0.4, 0.5) is 0 Å². The molecule has 5 rings (SSSR count). The summed E-state index contributed by atoms with van der Waals surface area (Å²) in [6.45, 7) is 4.42. The monoisotopic (exact) mass is 751 g/mol. The zero-order valence-corrected chi connectivity index (χ0v) is 26.7. The first-order valence-corrected chi connectivity index (χ1v) is 15.7. The molecule has 0 aliphatic rings. The molecule has 3 nitrogen and oxygen atoms in total. The van der Waals surface area contributed by atoms with E-state index < -0.39 is 8.16 Å². The van der Waals surface area contributed by atoms with Gasteiger partial charge in [-0.2, -0.15) is 4.67 Å². The molecule has 0 saturated carbocycles. The van der Waals surface area contributed by atoms with Crippen molar-refractivity contribution in [3.05, 3.63) is 114 Å². The first-order chi connectivity index (χ1) is 17.3. The van der Waals surface area contributed by atoms with Crippen LogP contribution < -0.4 is 4.67 Å². The molecule has 0 aliphatic heterocycles. The predicted octanol–water partition coefficient (Wildman–Crippen LogP) is 11.8. The highest BCUT2D eigenvalue weighted by atomic mass is 79.9. The molecule has 0 radical (unpaired) electrons. The largest absolute Gasteiger partial charge is 0.407 e. The fourth-order valence-electron chi connectivity index (χ4n) is 4.36. The Balaban J connectivity index is 1.86. The maximum Gasteiger partial charge on any atom is 0.310 e. The molecule has 0 saturated heterocycles. The minimum absolute atomic E-state index is 0.0287. The van der Waals surface area contributed by atoms with Gasteiger partial charge in [0.25, 0.3) is 0 Å². The van der Waals surface area contributed by atoms with Crippen LogP contribution in [0, 0.1) is 0 Å². The number of hydrogen-bond donors (Lipinski definition) is 0. The van der Waals surface area contributed by atoms with Crippen molar-refractivity contribution in [2.75, 3.05) is 4.67 Å². The Kier molecular flexibility index (Phi) is 8.16. The second-order valence-corrected chi connectivity index (χ2v) is 13.3. The highest BCUT2D eigenvalue weighted by molar-refractivity contribution is 9.11. The van der Waals surface area contributed by atoms with Gasteiger partial charge in [-0.05, 0) is 81.1 Å². The van der Waals surface area contributed by atoms with Crippen LogP contribution in [0.25, 0.3) is 21.9 Å². The van der Waals surface area contributed by atoms with Gasteiger partial charge in [0, 0.05) is 31.8 Å². The van der Waals surface area contributed by atoms with Crippen LogP contribution in [0.5, 0.6) is 0 Å². The van der Waals surface area contributed by atoms with Crippen molar-refractivity contribution in [1.29, 1.82) is 0 Å². The van der Waals surface area contributed by atoms with Gasteiger partial charge in [0.1, 0.15) is 0 Å². The Morgan fingerprint density at radius 1 is 0.611 bits per heavy atom. The molecule has 0 amide bonds. The van der Waals surface area contributed by atoms with E-state index in [-0.39, 0.29) is 12.1 Å². The van der Waals surface area contributed by atoms with E-state index >= 15 is 0 Å². The first-order valence-electron chi connectivity index (χ1n) is 11.4. The molecule has 184 valence electrons. The van der Waals surface area contributed by atoms with E-state index in [1.165, 1.54) is 11.1 Å². The molecular formula is C28H22Br4NO2P. The van der Waals surface area contributed by atoms with Gasteiger partial charge in [-0.15, -0.1) is 0 Å². The molecule has 8 heteroatoms. The lowest BCUT2D eigenvalue weighted by Gasteiger charge is -2.31. The smallest absolute Gasteiger partial charge is 0.310 e. The van der Waals surface area contributed by atoms with Crippen molar-refractivity contribution < 1.29 is 8.39 Å². The van der Waals surface area contributed by atoms with Crippen LogP contribution in [0.15, 0.2) is 111 Å². The lowest BCUT2D eigenvalue weighted by molar-refractivity contribution is 0.557. The number of hydrogen-bond acceptors (Lipinski definition) is 3. The zero-order chi connectivity index (χ0) is 25.4. The molecule has 5 aromatic rings. The Labute approximate surface area is 245 Å². The third kappa shape index (κ3) is 5.29. The number of nitrogens with zero attached hydrogens (tertiary/aromatic N) is 1. The number of halogens is 4. The van der Waals surface area contributed by atoms with Crippen molar-refractivity contribution in [1.82, 2.24) is 0 Å². The molecule has 4 aromatic carbocycles. The number of rotatable bonds is 5. The van der Waals surface area contributed by atoms with Gasteiger partial charge in [0.05, 0.1) is 8.95 Å². The minimum Gasteiger partial charge on any atom is -0.407 e. The minimum atomic E-state index is -1.57. The SMILES string of the molecule is C[C@@H](c1ccccc1)N([C@@H](C)c1ccccc1)p1oc2c(Br)cc(Br)cc2c2cc(Br)cc(Br)c2o1. The summed E-state index contributed by atoms with van der Waals surface area (Å²) in [6.07, 6.45) is 0. The predicted molar refractivity (Wildman–Crippen MR) is 165 cm³/mol. The average molecular weight is 755 g/mol. The molecule has 0 spiro atoms. The van der Waals surface area contributed by atoms with Crippen LogP contribution >= 0.6 is 71.9 Å². The third-order valence-corrected chi connectivity index (χ3v) is 10.0. The van der Waals surface area contributed by atoms with Gasteiger partial charge in [0.2, 0.25) is 0 Å². The lowest BCUT2D eigenvalue weighted by Crippen LogP contribution is -2.27. The number of fused-ring (bicyclic) bond motifs is 3. The molecule has 0 unspecified atom stereocenters. The molecule has 0 fully saturated rings. The van der Waals surface area contributed by atoms with Crippen LogP contribution in [-0.4, -0.2) is 0 Å². The molecule has 0 bridgehead atoms. The fraction of sp³-hybridized carbons (Fsp3) is 0.143. The van der Waals surface area contributed by atoms with Crippen LogP contribution in [0.2, 0.25) is 0 Å². The Morgan fingerprint density at radius 3 is 1.39 bits per heavy atom. The third-order valence-electron chi connectivity index (χ3n) is 6.19. The fourth-order valence-corrected chi connectivity index (χ4v) is 8.99.